The number of rotatable bonds is 6. The van der Waals surface area contributed by atoms with Crippen LogP contribution in [0.4, 0.5) is 0 Å². The van der Waals surface area contributed by atoms with Crippen LogP contribution in [0, 0.1) is 0 Å². The largest absolute Gasteiger partial charge is 0.331 e. The summed E-state index contributed by atoms with van der Waals surface area (Å²) in [7, 11) is 0. The molecule has 112 valence electrons. The Balaban J connectivity index is 2.75. The molecule has 21 heavy (non-hydrogen) atoms. The van der Waals surface area contributed by atoms with Crippen molar-refractivity contribution in [2.24, 2.45) is 10.3 Å². The van der Waals surface area contributed by atoms with Crippen molar-refractivity contribution in [2.75, 3.05) is 0 Å². The van der Waals surface area contributed by atoms with Crippen LogP contribution >= 0.6 is 0 Å². The molecule has 1 rings (SSSR count). The SMILES string of the molecule is CC(=O)ON=C(C)CCC(=NOC(C)=O)c1ccccc1. The third-order valence-corrected chi connectivity index (χ3v) is 2.45. The van der Waals surface area contributed by atoms with Crippen LogP contribution in [0.2, 0.25) is 0 Å². The standard InChI is InChI=1S/C15H18N2O4/c1-11(16-20-12(2)18)9-10-15(17-21-13(3)19)14-7-5-4-6-8-14/h4-8H,9-10H2,1-3H3. The van der Waals surface area contributed by atoms with Crippen molar-refractivity contribution in [2.45, 2.75) is 33.6 Å². The van der Waals surface area contributed by atoms with E-state index in [1.54, 1.807) is 6.92 Å². The number of hydrogen-bond acceptors (Lipinski definition) is 6. The van der Waals surface area contributed by atoms with Crippen LogP contribution in [0.25, 0.3) is 0 Å². The number of hydrogen-bond donors (Lipinski definition) is 0. The average Bonchev–Trinajstić information content (AvgIpc) is 2.45. The monoisotopic (exact) mass is 290 g/mol. The molecule has 0 saturated carbocycles. The second-order valence-electron chi connectivity index (χ2n) is 4.40. The highest BCUT2D eigenvalue weighted by atomic mass is 16.7. The lowest BCUT2D eigenvalue weighted by Crippen LogP contribution is -2.07. The molecule has 0 aliphatic heterocycles. The van der Waals surface area contributed by atoms with Gasteiger partial charge in [0.2, 0.25) is 0 Å². The van der Waals surface area contributed by atoms with Gasteiger partial charge >= 0.3 is 11.9 Å². The van der Waals surface area contributed by atoms with E-state index in [1.165, 1.54) is 13.8 Å². The summed E-state index contributed by atoms with van der Waals surface area (Å²) in [6, 6.07) is 9.39. The first-order chi connectivity index (χ1) is 9.99. The van der Waals surface area contributed by atoms with Gasteiger partial charge in [0.1, 0.15) is 0 Å². The van der Waals surface area contributed by atoms with Crippen LogP contribution in [-0.4, -0.2) is 23.4 Å². The number of carbonyl (C=O) groups is 2. The van der Waals surface area contributed by atoms with Gasteiger partial charge in [0.15, 0.2) is 0 Å². The third-order valence-electron chi connectivity index (χ3n) is 2.45. The van der Waals surface area contributed by atoms with Crippen LogP contribution in [-0.2, 0) is 19.3 Å². The van der Waals surface area contributed by atoms with Gasteiger partial charge in [0.05, 0.1) is 11.4 Å². The van der Waals surface area contributed by atoms with Crippen molar-refractivity contribution >= 4 is 23.4 Å². The van der Waals surface area contributed by atoms with E-state index in [0.717, 1.165) is 5.56 Å². The summed E-state index contributed by atoms with van der Waals surface area (Å²) >= 11 is 0. The minimum Gasteiger partial charge on any atom is -0.319 e. The predicted molar refractivity (Wildman–Crippen MR) is 78.9 cm³/mol. The van der Waals surface area contributed by atoms with Gasteiger partial charge < -0.3 is 9.68 Å². The Morgan fingerprint density at radius 3 is 2.05 bits per heavy atom. The van der Waals surface area contributed by atoms with E-state index in [4.69, 9.17) is 4.84 Å². The second-order valence-corrected chi connectivity index (χ2v) is 4.40. The van der Waals surface area contributed by atoms with Gasteiger partial charge in [-0.15, -0.1) is 0 Å². The highest BCUT2D eigenvalue weighted by Crippen LogP contribution is 2.08. The molecule has 0 fully saturated rings. The first-order valence-corrected chi connectivity index (χ1v) is 6.50. The van der Waals surface area contributed by atoms with Gasteiger partial charge in [0.25, 0.3) is 0 Å². The first-order valence-electron chi connectivity index (χ1n) is 6.50. The molecule has 0 aromatic heterocycles. The first kappa shape index (κ1) is 16.6. The molecule has 6 heteroatoms. The molecular weight excluding hydrogens is 272 g/mol. The predicted octanol–water partition coefficient (Wildman–Crippen LogP) is 2.67. The average molecular weight is 290 g/mol. The topological polar surface area (TPSA) is 77.3 Å². The molecule has 6 nitrogen and oxygen atoms in total. The molecule has 0 amide bonds. The van der Waals surface area contributed by atoms with E-state index in [0.29, 0.717) is 24.3 Å². The Hall–Kier alpha value is -2.50. The van der Waals surface area contributed by atoms with Gasteiger partial charge in [-0.3, -0.25) is 0 Å². The molecule has 0 atom stereocenters. The summed E-state index contributed by atoms with van der Waals surface area (Å²) in [6.07, 6.45) is 1.04. The Bertz CT molecular complexity index is 550. The number of nitrogens with zero attached hydrogens (tertiary/aromatic N) is 2. The zero-order chi connectivity index (χ0) is 15.7. The normalized spacial score (nSPS) is 12.0. The van der Waals surface area contributed by atoms with Crippen LogP contribution in [0.5, 0.6) is 0 Å². The summed E-state index contributed by atoms with van der Waals surface area (Å²) in [5.74, 6) is -0.944. The second kappa shape index (κ2) is 8.63. The summed E-state index contributed by atoms with van der Waals surface area (Å²) < 4.78 is 0. The van der Waals surface area contributed by atoms with E-state index in [9.17, 15) is 9.59 Å². The zero-order valence-electron chi connectivity index (χ0n) is 12.3. The Morgan fingerprint density at radius 2 is 1.48 bits per heavy atom. The summed E-state index contributed by atoms with van der Waals surface area (Å²) in [5, 5.41) is 7.55. The lowest BCUT2D eigenvalue weighted by Gasteiger charge is -2.05. The highest BCUT2D eigenvalue weighted by Gasteiger charge is 2.07. The van der Waals surface area contributed by atoms with E-state index in [-0.39, 0.29) is 0 Å². The molecule has 0 unspecified atom stereocenters. The Morgan fingerprint density at radius 1 is 0.905 bits per heavy atom. The van der Waals surface area contributed by atoms with Crippen LogP contribution in [0.15, 0.2) is 40.6 Å². The maximum Gasteiger partial charge on any atom is 0.331 e. The lowest BCUT2D eigenvalue weighted by molar-refractivity contribution is -0.141. The van der Waals surface area contributed by atoms with Crippen molar-refractivity contribution < 1.29 is 19.3 Å². The molecule has 0 bridgehead atoms. The Kier molecular flexibility index (Phi) is 6.80. The smallest absolute Gasteiger partial charge is 0.319 e. The van der Waals surface area contributed by atoms with Gasteiger partial charge in [-0.1, -0.05) is 40.6 Å². The molecule has 0 aliphatic carbocycles. The molecule has 0 N–H and O–H groups in total. The molecule has 0 radical (unpaired) electrons. The zero-order valence-corrected chi connectivity index (χ0v) is 12.3. The van der Waals surface area contributed by atoms with E-state index in [2.05, 4.69) is 15.1 Å². The van der Waals surface area contributed by atoms with Gasteiger partial charge in [-0.05, 0) is 25.3 Å². The van der Waals surface area contributed by atoms with Crippen molar-refractivity contribution in [3.05, 3.63) is 35.9 Å². The lowest BCUT2D eigenvalue weighted by atomic mass is 10.0. The van der Waals surface area contributed by atoms with Crippen molar-refractivity contribution in [3.63, 3.8) is 0 Å². The van der Waals surface area contributed by atoms with Crippen molar-refractivity contribution in [3.8, 4) is 0 Å². The fourth-order valence-corrected chi connectivity index (χ4v) is 1.48. The minimum atomic E-state index is -0.478. The van der Waals surface area contributed by atoms with Crippen LogP contribution < -0.4 is 0 Å². The van der Waals surface area contributed by atoms with Gasteiger partial charge in [0, 0.05) is 13.8 Å². The van der Waals surface area contributed by atoms with E-state index in [1.807, 2.05) is 30.3 Å². The molecule has 0 spiro atoms. The molecule has 1 aromatic rings. The number of carbonyl (C=O) groups excluding carboxylic acids is 2. The molecular formula is C15H18N2O4. The molecule has 1 aromatic carbocycles. The molecule has 0 saturated heterocycles. The third kappa shape index (κ3) is 7.00. The number of benzene rings is 1. The van der Waals surface area contributed by atoms with E-state index < -0.39 is 11.9 Å². The maximum atomic E-state index is 10.9. The maximum absolute atomic E-state index is 10.9. The van der Waals surface area contributed by atoms with E-state index >= 15 is 0 Å². The van der Waals surface area contributed by atoms with Crippen LogP contribution in [0.1, 0.15) is 39.2 Å². The summed E-state index contributed by atoms with van der Waals surface area (Å²) in [6.45, 7) is 4.32. The highest BCUT2D eigenvalue weighted by molar-refractivity contribution is 6.02. The Labute approximate surface area is 123 Å². The minimum absolute atomic E-state index is 0.466. The van der Waals surface area contributed by atoms with Crippen molar-refractivity contribution in [1.29, 1.82) is 0 Å². The van der Waals surface area contributed by atoms with Crippen LogP contribution in [0.3, 0.4) is 0 Å². The summed E-state index contributed by atoms with van der Waals surface area (Å²) in [4.78, 5) is 30.8. The fourth-order valence-electron chi connectivity index (χ4n) is 1.48. The van der Waals surface area contributed by atoms with Gasteiger partial charge in [-0.25, -0.2) is 9.59 Å². The number of oxime groups is 2. The van der Waals surface area contributed by atoms with Gasteiger partial charge in [-0.2, -0.15) is 0 Å². The summed E-state index contributed by atoms with van der Waals surface area (Å²) in [5.41, 5.74) is 2.14. The molecule has 0 aliphatic rings. The van der Waals surface area contributed by atoms with Crippen molar-refractivity contribution in [1.82, 2.24) is 0 Å². The molecule has 0 heterocycles. The fraction of sp³-hybridized carbons (Fsp3) is 0.333. The quantitative estimate of drug-likeness (QED) is 0.458.